The first-order valence-electron chi connectivity index (χ1n) is 17.3. The predicted octanol–water partition coefficient (Wildman–Crippen LogP) is 9.38. The van der Waals surface area contributed by atoms with Crippen molar-refractivity contribution in [1.82, 2.24) is 0 Å². The van der Waals surface area contributed by atoms with Crippen molar-refractivity contribution in [2.75, 3.05) is 39.6 Å². The summed E-state index contributed by atoms with van der Waals surface area (Å²) in [5.41, 5.74) is 7.16. The van der Waals surface area contributed by atoms with Gasteiger partial charge in [0.1, 0.15) is 23.7 Å². The first-order valence-corrected chi connectivity index (χ1v) is 17.3. The maximum atomic E-state index is 6.04. The molecule has 6 rings (SSSR count). The van der Waals surface area contributed by atoms with Crippen molar-refractivity contribution >= 4 is 0 Å². The van der Waals surface area contributed by atoms with Gasteiger partial charge in [0.2, 0.25) is 0 Å². The third-order valence-electron chi connectivity index (χ3n) is 8.78. The molecule has 6 heteroatoms. The Morgan fingerprint density at radius 2 is 0.851 bits per heavy atom. The Balaban J connectivity index is 0.858. The van der Waals surface area contributed by atoms with Crippen LogP contribution in [0.3, 0.4) is 0 Å². The number of ether oxygens (including phenoxy) is 6. The molecule has 6 nitrogen and oxygen atoms in total. The van der Waals surface area contributed by atoms with Gasteiger partial charge in [0, 0.05) is 0 Å². The van der Waals surface area contributed by atoms with Gasteiger partial charge in [-0.15, -0.1) is 0 Å². The van der Waals surface area contributed by atoms with E-state index in [0.29, 0.717) is 26.4 Å². The average molecular weight is 637 g/mol. The summed E-state index contributed by atoms with van der Waals surface area (Å²) in [6.07, 6.45) is 5.75. The minimum Gasteiger partial charge on any atom is -0.494 e. The Morgan fingerprint density at radius 1 is 0.511 bits per heavy atom. The summed E-state index contributed by atoms with van der Waals surface area (Å²) < 4.78 is 34.6. The molecule has 47 heavy (non-hydrogen) atoms. The van der Waals surface area contributed by atoms with Gasteiger partial charge in [0.25, 0.3) is 0 Å². The van der Waals surface area contributed by atoms with E-state index in [2.05, 4.69) is 111 Å². The minimum absolute atomic E-state index is 0.115. The van der Waals surface area contributed by atoms with E-state index >= 15 is 0 Å². The van der Waals surface area contributed by atoms with Gasteiger partial charge in [-0.05, 0) is 89.8 Å². The fourth-order valence-electron chi connectivity index (χ4n) is 5.70. The SMILES string of the molecule is CCC(OCC1CO1)c1ccc(-c2ccc(OCCCCCOc3ccc(-c4ccc(C(CC)OCC5CO5)cc4)cc3)cc2)cc1. The van der Waals surface area contributed by atoms with Gasteiger partial charge in [-0.25, -0.2) is 0 Å². The predicted molar refractivity (Wildman–Crippen MR) is 186 cm³/mol. The molecule has 4 aromatic rings. The van der Waals surface area contributed by atoms with E-state index in [-0.39, 0.29) is 24.4 Å². The standard InChI is InChI=1S/C41H48O6/c1-3-40(46-28-38-26-44-38)34-12-8-30(9-13-34)32-16-20-36(21-17-32)42-24-6-5-7-25-43-37-22-18-33(19-23-37)31-10-14-35(15-11-31)41(4-2)47-29-39-27-45-39/h8-23,38-41H,3-7,24-29H2,1-2H3. The Labute approximate surface area is 279 Å². The molecule has 0 saturated carbocycles. The fraction of sp³-hybridized carbons (Fsp3) is 0.415. The van der Waals surface area contributed by atoms with Crippen LogP contribution >= 0.6 is 0 Å². The highest BCUT2D eigenvalue weighted by Gasteiger charge is 2.25. The number of epoxide rings is 2. The summed E-state index contributed by atoms with van der Waals surface area (Å²) in [7, 11) is 0. The van der Waals surface area contributed by atoms with E-state index in [1.165, 1.54) is 33.4 Å². The number of hydrogen-bond acceptors (Lipinski definition) is 6. The molecule has 2 heterocycles. The molecule has 2 fully saturated rings. The van der Waals surface area contributed by atoms with Crippen LogP contribution in [0.4, 0.5) is 0 Å². The molecular formula is C41H48O6. The summed E-state index contributed by atoms with van der Waals surface area (Å²) in [4.78, 5) is 0. The molecular weight excluding hydrogens is 588 g/mol. The quantitative estimate of drug-likeness (QED) is 0.0712. The van der Waals surface area contributed by atoms with E-state index in [0.717, 1.165) is 56.8 Å². The van der Waals surface area contributed by atoms with Crippen LogP contribution in [0.1, 0.15) is 69.3 Å². The topological polar surface area (TPSA) is 62.0 Å². The molecule has 4 unspecified atom stereocenters. The van der Waals surface area contributed by atoms with Crippen LogP contribution < -0.4 is 9.47 Å². The number of rotatable bonds is 20. The first-order chi connectivity index (χ1) is 23.2. The third-order valence-corrected chi connectivity index (χ3v) is 8.78. The van der Waals surface area contributed by atoms with Crippen molar-refractivity contribution in [2.45, 2.75) is 70.4 Å². The zero-order valence-corrected chi connectivity index (χ0v) is 27.8. The number of benzene rings is 4. The van der Waals surface area contributed by atoms with E-state index in [4.69, 9.17) is 28.4 Å². The molecule has 2 aliphatic rings. The fourth-order valence-corrected chi connectivity index (χ4v) is 5.70. The Bertz CT molecular complexity index is 1360. The molecule has 248 valence electrons. The molecule has 4 aromatic carbocycles. The molecule has 0 spiro atoms. The summed E-state index contributed by atoms with van der Waals surface area (Å²) in [6, 6.07) is 34.1. The van der Waals surface area contributed by atoms with Crippen LogP contribution in [0.25, 0.3) is 22.3 Å². The van der Waals surface area contributed by atoms with Crippen LogP contribution in [0, 0.1) is 0 Å². The lowest BCUT2D eigenvalue weighted by atomic mass is 10.0. The number of hydrogen-bond donors (Lipinski definition) is 0. The van der Waals surface area contributed by atoms with Crippen LogP contribution in [-0.2, 0) is 18.9 Å². The lowest BCUT2D eigenvalue weighted by Gasteiger charge is -2.16. The second kappa shape index (κ2) is 16.9. The third kappa shape index (κ3) is 10.2. The smallest absolute Gasteiger partial charge is 0.119 e. The van der Waals surface area contributed by atoms with Crippen LogP contribution in [0.15, 0.2) is 97.1 Å². The first kappa shape index (κ1) is 33.2. The van der Waals surface area contributed by atoms with Gasteiger partial charge in [0.05, 0.1) is 51.8 Å². The molecule has 0 radical (unpaired) electrons. The van der Waals surface area contributed by atoms with E-state index < -0.39 is 0 Å². The van der Waals surface area contributed by atoms with E-state index in [9.17, 15) is 0 Å². The van der Waals surface area contributed by atoms with Gasteiger partial charge < -0.3 is 28.4 Å². The number of unbranched alkanes of at least 4 members (excludes halogenated alkanes) is 2. The maximum Gasteiger partial charge on any atom is 0.119 e. The zero-order valence-electron chi connectivity index (χ0n) is 27.8. The highest BCUT2D eigenvalue weighted by atomic mass is 16.6. The average Bonchev–Trinajstić information content (AvgIpc) is 4.06. The largest absolute Gasteiger partial charge is 0.494 e. The summed E-state index contributed by atoms with van der Waals surface area (Å²) in [5, 5.41) is 0. The molecule has 0 N–H and O–H groups in total. The lowest BCUT2D eigenvalue weighted by Crippen LogP contribution is -2.08. The summed E-state index contributed by atoms with van der Waals surface area (Å²) >= 11 is 0. The second-order valence-corrected chi connectivity index (χ2v) is 12.4. The van der Waals surface area contributed by atoms with Crippen molar-refractivity contribution in [1.29, 1.82) is 0 Å². The van der Waals surface area contributed by atoms with Gasteiger partial charge >= 0.3 is 0 Å². The van der Waals surface area contributed by atoms with Crippen LogP contribution in [-0.4, -0.2) is 51.8 Å². The Hall–Kier alpha value is -3.68. The van der Waals surface area contributed by atoms with Crippen molar-refractivity contribution in [3.8, 4) is 33.8 Å². The molecule has 2 aliphatic heterocycles. The molecule has 2 saturated heterocycles. The normalized spacial score (nSPS) is 18.0. The Morgan fingerprint density at radius 3 is 1.17 bits per heavy atom. The summed E-state index contributed by atoms with van der Waals surface area (Å²) in [5.74, 6) is 1.81. The van der Waals surface area contributed by atoms with Gasteiger partial charge in [-0.2, -0.15) is 0 Å². The lowest BCUT2D eigenvalue weighted by molar-refractivity contribution is 0.0394. The van der Waals surface area contributed by atoms with Crippen molar-refractivity contribution in [3.05, 3.63) is 108 Å². The molecule has 0 bridgehead atoms. The molecule has 0 aromatic heterocycles. The van der Waals surface area contributed by atoms with E-state index in [1.54, 1.807) is 0 Å². The maximum absolute atomic E-state index is 6.04. The second-order valence-electron chi connectivity index (χ2n) is 12.4. The zero-order chi connectivity index (χ0) is 32.3. The van der Waals surface area contributed by atoms with Gasteiger partial charge in [0.15, 0.2) is 0 Å². The minimum atomic E-state index is 0.115. The van der Waals surface area contributed by atoms with Crippen molar-refractivity contribution in [2.24, 2.45) is 0 Å². The van der Waals surface area contributed by atoms with Crippen molar-refractivity contribution < 1.29 is 28.4 Å². The van der Waals surface area contributed by atoms with Gasteiger partial charge in [-0.3, -0.25) is 0 Å². The van der Waals surface area contributed by atoms with Crippen LogP contribution in [0.5, 0.6) is 11.5 Å². The highest BCUT2D eigenvalue weighted by molar-refractivity contribution is 5.65. The summed E-state index contributed by atoms with van der Waals surface area (Å²) in [6.45, 7) is 8.72. The Kier molecular flexibility index (Phi) is 12.0. The van der Waals surface area contributed by atoms with E-state index in [1.807, 2.05) is 0 Å². The molecule has 0 amide bonds. The van der Waals surface area contributed by atoms with Crippen molar-refractivity contribution in [3.63, 3.8) is 0 Å². The highest BCUT2D eigenvalue weighted by Crippen LogP contribution is 2.29. The monoisotopic (exact) mass is 636 g/mol. The van der Waals surface area contributed by atoms with Crippen LogP contribution in [0.2, 0.25) is 0 Å². The van der Waals surface area contributed by atoms with Gasteiger partial charge in [-0.1, -0.05) is 86.6 Å². The molecule has 0 aliphatic carbocycles. The molecule has 4 atom stereocenters.